The van der Waals surface area contributed by atoms with Gasteiger partial charge in [-0.1, -0.05) is 24.3 Å². The van der Waals surface area contributed by atoms with E-state index in [1.165, 1.54) is 31.3 Å². The van der Waals surface area contributed by atoms with Gasteiger partial charge in [-0.2, -0.15) is 0 Å². The van der Waals surface area contributed by atoms with Gasteiger partial charge < -0.3 is 9.80 Å². The number of fused-ring (bicyclic) bond motifs is 2. The maximum Gasteiger partial charge on any atom is 0.150 e. The number of rotatable bonds is 8. The minimum absolute atomic E-state index is 0.657. The van der Waals surface area contributed by atoms with Gasteiger partial charge in [0.25, 0.3) is 0 Å². The summed E-state index contributed by atoms with van der Waals surface area (Å²) in [5, 5.41) is 4.59. The number of hydrogen-bond acceptors (Lipinski definition) is 6. The molecule has 2 aromatic heterocycles. The standard InChI is InChI=1S/C38H28N2O2S2/c1-25-5-3-7-33(17-25)39(31-13-9-27(23-41)10-14-31)37-21-29-19-36-30(20-35(29)43-37)22-38(44-36)40(34-8-4-6-26(2)18-34)32-15-11-28(24-42)12-16-32/h3-24H,1-2H3. The molecule has 0 amide bonds. The van der Waals surface area contributed by atoms with Crippen molar-refractivity contribution in [2.75, 3.05) is 9.80 Å². The Kier molecular flexibility index (Phi) is 7.30. The lowest BCUT2D eigenvalue weighted by Gasteiger charge is -2.24. The third-order valence-corrected chi connectivity index (χ3v) is 9.83. The molecule has 0 saturated heterocycles. The lowest BCUT2D eigenvalue weighted by atomic mass is 10.1. The second-order valence-electron chi connectivity index (χ2n) is 10.9. The lowest BCUT2D eigenvalue weighted by Crippen LogP contribution is -2.08. The summed E-state index contributed by atoms with van der Waals surface area (Å²) in [6.07, 6.45) is 1.75. The van der Waals surface area contributed by atoms with Gasteiger partial charge in [0.1, 0.15) is 22.6 Å². The van der Waals surface area contributed by atoms with E-state index < -0.39 is 0 Å². The summed E-state index contributed by atoms with van der Waals surface area (Å²) in [6.45, 7) is 4.20. The summed E-state index contributed by atoms with van der Waals surface area (Å²) in [5.74, 6) is 0. The molecular weight excluding hydrogens is 581 g/mol. The lowest BCUT2D eigenvalue weighted by molar-refractivity contribution is 0.111. The van der Waals surface area contributed by atoms with E-state index in [0.29, 0.717) is 11.1 Å². The molecule has 4 nitrogen and oxygen atoms in total. The number of thiophene rings is 2. The van der Waals surface area contributed by atoms with Crippen molar-refractivity contribution < 1.29 is 9.59 Å². The molecule has 214 valence electrons. The monoisotopic (exact) mass is 608 g/mol. The van der Waals surface area contributed by atoms with Crippen LogP contribution < -0.4 is 9.80 Å². The molecule has 5 aromatic carbocycles. The third-order valence-electron chi connectivity index (χ3n) is 7.66. The van der Waals surface area contributed by atoms with Crippen molar-refractivity contribution in [3.63, 3.8) is 0 Å². The molecule has 0 aliphatic heterocycles. The van der Waals surface area contributed by atoms with Gasteiger partial charge in [-0.05, 0) is 133 Å². The Morgan fingerprint density at radius 3 is 1.25 bits per heavy atom. The van der Waals surface area contributed by atoms with E-state index in [0.717, 1.165) is 45.3 Å². The van der Waals surface area contributed by atoms with Crippen molar-refractivity contribution in [2.45, 2.75) is 13.8 Å². The highest BCUT2D eigenvalue weighted by Gasteiger charge is 2.19. The van der Waals surface area contributed by atoms with Crippen molar-refractivity contribution in [1.29, 1.82) is 0 Å². The first kappa shape index (κ1) is 27.8. The van der Waals surface area contributed by atoms with E-state index >= 15 is 0 Å². The Morgan fingerprint density at radius 2 is 0.886 bits per heavy atom. The molecule has 0 radical (unpaired) electrons. The van der Waals surface area contributed by atoms with Gasteiger partial charge in [0.2, 0.25) is 0 Å². The number of carbonyl (C=O) groups is 2. The fraction of sp³-hybridized carbons (Fsp3) is 0.0526. The number of carbonyl (C=O) groups excluding carboxylic acids is 2. The first-order valence-electron chi connectivity index (χ1n) is 14.3. The van der Waals surface area contributed by atoms with Gasteiger partial charge in [0, 0.05) is 43.3 Å². The fourth-order valence-corrected chi connectivity index (χ4v) is 7.78. The van der Waals surface area contributed by atoms with Crippen molar-refractivity contribution in [1.82, 2.24) is 0 Å². The summed E-state index contributed by atoms with van der Waals surface area (Å²) in [5.41, 5.74) is 7.85. The average Bonchev–Trinajstić information content (AvgIpc) is 3.63. The van der Waals surface area contributed by atoms with Crippen molar-refractivity contribution >= 4 is 88.2 Å². The van der Waals surface area contributed by atoms with Crippen molar-refractivity contribution in [2.24, 2.45) is 0 Å². The predicted octanol–water partition coefficient (Wildman–Crippen LogP) is 11.3. The molecule has 0 atom stereocenters. The zero-order valence-corrected chi connectivity index (χ0v) is 25.9. The smallest absolute Gasteiger partial charge is 0.150 e. The second kappa shape index (κ2) is 11.6. The SMILES string of the molecule is Cc1cccc(N(c2ccc(C=O)cc2)c2cc3cc4sc(N(c5ccc(C=O)cc5)c5cccc(C)c5)cc4cc3s2)c1. The predicted molar refractivity (Wildman–Crippen MR) is 187 cm³/mol. The Bertz CT molecular complexity index is 1940. The highest BCUT2D eigenvalue weighted by atomic mass is 32.1. The molecule has 44 heavy (non-hydrogen) atoms. The quantitative estimate of drug-likeness (QED) is 0.161. The summed E-state index contributed by atoms with van der Waals surface area (Å²) in [4.78, 5) is 27.2. The molecule has 0 N–H and O–H groups in total. The van der Waals surface area contributed by atoms with E-state index in [1.807, 2.05) is 48.5 Å². The highest BCUT2D eigenvalue weighted by molar-refractivity contribution is 7.24. The Balaban J connectivity index is 1.33. The van der Waals surface area contributed by atoms with Crippen molar-refractivity contribution in [3.05, 3.63) is 144 Å². The molecule has 7 rings (SSSR count). The number of anilines is 6. The molecule has 0 saturated carbocycles. The molecule has 7 aromatic rings. The maximum absolute atomic E-state index is 11.3. The molecule has 2 heterocycles. The second-order valence-corrected chi connectivity index (χ2v) is 13.0. The van der Waals surface area contributed by atoms with Gasteiger partial charge in [0.15, 0.2) is 0 Å². The number of hydrogen-bond donors (Lipinski definition) is 0. The summed E-state index contributed by atoms with van der Waals surface area (Å²) in [7, 11) is 0. The van der Waals surface area contributed by atoms with Crippen LogP contribution in [-0.4, -0.2) is 12.6 Å². The molecular formula is C38H28N2O2S2. The van der Waals surface area contributed by atoms with E-state index in [1.54, 1.807) is 22.7 Å². The van der Waals surface area contributed by atoms with Crippen molar-refractivity contribution in [3.8, 4) is 0 Å². The molecule has 0 aliphatic carbocycles. The fourth-order valence-electron chi connectivity index (χ4n) is 5.51. The zero-order chi connectivity index (χ0) is 30.2. The van der Waals surface area contributed by atoms with Gasteiger partial charge >= 0.3 is 0 Å². The van der Waals surface area contributed by atoms with Crippen LogP contribution in [-0.2, 0) is 0 Å². The van der Waals surface area contributed by atoms with Crippen LogP contribution in [0.25, 0.3) is 20.2 Å². The topological polar surface area (TPSA) is 40.6 Å². The minimum Gasteiger partial charge on any atom is -0.302 e. The largest absolute Gasteiger partial charge is 0.302 e. The van der Waals surface area contributed by atoms with Crippen LogP contribution in [0.1, 0.15) is 31.8 Å². The van der Waals surface area contributed by atoms with Crippen LogP contribution in [0.4, 0.5) is 32.8 Å². The van der Waals surface area contributed by atoms with Crippen LogP contribution in [0.15, 0.2) is 121 Å². The Hall–Kier alpha value is -5.04. The first-order chi connectivity index (χ1) is 21.5. The molecule has 0 bridgehead atoms. The summed E-state index contributed by atoms with van der Waals surface area (Å²) < 4.78 is 2.41. The normalized spacial score (nSPS) is 11.1. The number of benzene rings is 5. The van der Waals surface area contributed by atoms with Gasteiger partial charge in [-0.25, -0.2) is 0 Å². The third kappa shape index (κ3) is 5.30. The molecule has 6 heteroatoms. The van der Waals surface area contributed by atoms with Crippen LogP contribution >= 0.6 is 22.7 Å². The minimum atomic E-state index is 0.657. The molecule has 0 unspecified atom stereocenters. The molecule has 0 aliphatic rings. The first-order valence-corrected chi connectivity index (χ1v) is 15.9. The van der Waals surface area contributed by atoms with Gasteiger partial charge in [0.05, 0.1) is 0 Å². The van der Waals surface area contributed by atoms with Crippen LogP contribution in [0, 0.1) is 13.8 Å². The van der Waals surface area contributed by atoms with E-state index in [2.05, 4.69) is 96.4 Å². The van der Waals surface area contributed by atoms with Crippen LogP contribution in [0.5, 0.6) is 0 Å². The van der Waals surface area contributed by atoms with Gasteiger partial charge in [-0.3, -0.25) is 9.59 Å². The summed E-state index contributed by atoms with van der Waals surface area (Å²) >= 11 is 3.51. The van der Waals surface area contributed by atoms with Crippen LogP contribution in [0.3, 0.4) is 0 Å². The maximum atomic E-state index is 11.3. The van der Waals surface area contributed by atoms with E-state index in [4.69, 9.17) is 0 Å². The van der Waals surface area contributed by atoms with E-state index in [9.17, 15) is 9.59 Å². The Morgan fingerprint density at radius 1 is 0.477 bits per heavy atom. The van der Waals surface area contributed by atoms with Gasteiger partial charge in [-0.15, -0.1) is 22.7 Å². The van der Waals surface area contributed by atoms with E-state index in [-0.39, 0.29) is 0 Å². The number of aryl methyl sites for hydroxylation is 2. The van der Waals surface area contributed by atoms with Crippen LogP contribution in [0.2, 0.25) is 0 Å². The molecule has 0 fully saturated rings. The highest BCUT2D eigenvalue weighted by Crippen LogP contribution is 2.46. The Labute approximate surface area is 264 Å². The number of aldehydes is 2. The number of nitrogens with zero attached hydrogens (tertiary/aromatic N) is 2. The average molecular weight is 609 g/mol. The molecule has 0 spiro atoms. The summed E-state index contributed by atoms with van der Waals surface area (Å²) in [6, 6.07) is 41.5. The zero-order valence-electron chi connectivity index (χ0n) is 24.2.